The Morgan fingerprint density at radius 2 is 1.87 bits per heavy atom. The van der Waals surface area contributed by atoms with Gasteiger partial charge in [-0.3, -0.25) is 9.48 Å². The topological polar surface area (TPSA) is 36.1 Å². The van der Waals surface area contributed by atoms with E-state index in [0.717, 1.165) is 6.54 Å². The second-order valence-corrected chi connectivity index (χ2v) is 5.52. The number of hydrogen-bond acceptors (Lipinski definition) is 2. The van der Waals surface area contributed by atoms with E-state index in [0.29, 0.717) is 4.48 Å². The van der Waals surface area contributed by atoms with Crippen LogP contribution in [-0.4, -0.2) is 28.3 Å². The van der Waals surface area contributed by atoms with E-state index >= 15 is 0 Å². The van der Waals surface area contributed by atoms with Crippen LogP contribution in [0.5, 0.6) is 0 Å². The summed E-state index contributed by atoms with van der Waals surface area (Å²) in [4.78, 5) is 4.10. The van der Waals surface area contributed by atoms with Gasteiger partial charge in [-0.15, -0.1) is 0 Å². The second kappa shape index (κ2) is 3.46. The molecular weight excluding hydrogens is 186 g/mol. The summed E-state index contributed by atoms with van der Waals surface area (Å²) in [5.41, 5.74) is -0.455. The lowest BCUT2D eigenvalue weighted by Crippen LogP contribution is -2.67. The van der Waals surface area contributed by atoms with Crippen molar-refractivity contribution in [3.05, 3.63) is 12.4 Å². The molecule has 0 aromatic rings. The molecule has 82 valence electrons. The number of nitrogens with zero attached hydrogens (tertiary/aromatic N) is 3. The van der Waals surface area contributed by atoms with Gasteiger partial charge in [0.05, 0.1) is 18.0 Å². The average molecular weight is 206 g/mol. The SMILES string of the molecule is CC(C)(C)[N+]1(C(C)(C)C#N)C=CN=CC1. The minimum absolute atomic E-state index is 0.0117. The number of aliphatic imine (C=N–C) groups is 1. The number of quaternary nitrogens is 1. The third kappa shape index (κ3) is 1.70. The molecular formula is C12H20N3+. The molecule has 0 N–H and O–H groups in total. The minimum atomic E-state index is -0.443. The molecule has 1 rings (SSSR count). The minimum Gasteiger partial charge on any atom is -0.271 e. The van der Waals surface area contributed by atoms with Gasteiger partial charge in [0.25, 0.3) is 0 Å². The van der Waals surface area contributed by atoms with Gasteiger partial charge in [0.1, 0.15) is 18.8 Å². The zero-order chi connectivity index (χ0) is 11.7. The number of rotatable bonds is 1. The molecule has 1 atom stereocenters. The van der Waals surface area contributed by atoms with E-state index in [1.54, 1.807) is 6.20 Å². The van der Waals surface area contributed by atoms with Crippen molar-refractivity contribution in [1.29, 1.82) is 5.26 Å². The van der Waals surface area contributed by atoms with E-state index in [1.165, 1.54) is 0 Å². The quantitative estimate of drug-likeness (QED) is 0.607. The Morgan fingerprint density at radius 3 is 2.20 bits per heavy atom. The van der Waals surface area contributed by atoms with Crippen molar-refractivity contribution >= 4 is 6.21 Å². The van der Waals surface area contributed by atoms with E-state index in [4.69, 9.17) is 0 Å². The van der Waals surface area contributed by atoms with Gasteiger partial charge >= 0.3 is 0 Å². The third-order valence-electron chi connectivity index (χ3n) is 3.35. The molecule has 0 bridgehead atoms. The molecule has 0 amide bonds. The Hall–Kier alpha value is -1.14. The zero-order valence-corrected chi connectivity index (χ0v) is 10.3. The van der Waals surface area contributed by atoms with Gasteiger partial charge in [-0.25, -0.2) is 0 Å². The van der Waals surface area contributed by atoms with Crippen molar-refractivity contribution in [2.45, 2.75) is 45.7 Å². The summed E-state index contributed by atoms with van der Waals surface area (Å²) >= 11 is 0. The highest BCUT2D eigenvalue weighted by Crippen LogP contribution is 2.36. The molecule has 1 heterocycles. The molecule has 0 aromatic carbocycles. The summed E-state index contributed by atoms with van der Waals surface area (Å²) in [6, 6.07) is 2.42. The summed E-state index contributed by atoms with van der Waals surface area (Å²) in [7, 11) is 0. The second-order valence-electron chi connectivity index (χ2n) is 5.52. The molecule has 15 heavy (non-hydrogen) atoms. The van der Waals surface area contributed by atoms with E-state index in [9.17, 15) is 5.26 Å². The highest BCUT2D eigenvalue weighted by Gasteiger charge is 2.51. The van der Waals surface area contributed by atoms with E-state index < -0.39 is 5.54 Å². The van der Waals surface area contributed by atoms with Gasteiger partial charge in [-0.2, -0.15) is 5.26 Å². The Morgan fingerprint density at radius 1 is 1.27 bits per heavy atom. The predicted molar refractivity (Wildman–Crippen MR) is 62.2 cm³/mol. The van der Waals surface area contributed by atoms with Gasteiger partial charge in [0.2, 0.25) is 0 Å². The van der Waals surface area contributed by atoms with Crippen LogP contribution in [0.15, 0.2) is 17.4 Å². The van der Waals surface area contributed by atoms with Gasteiger partial charge in [-0.05, 0) is 20.8 Å². The molecule has 3 heteroatoms. The van der Waals surface area contributed by atoms with Crippen LogP contribution >= 0.6 is 0 Å². The molecule has 0 saturated carbocycles. The normalized spacial score (nSPS) is 26.4. The maximum atomic E-state index is 9.33. The van der Waals surface area contributed by atoms with Crippen molar-refractivity contribution in [1.82, 2.24) is 0 Å². The van der Waals surface area contributed by atoms with Crippen molar-refractivity contribution in [2.24, 2.45) is 4.99 Å². The van der Waals surface area contributed by atoms with Crippen LogP contribution in [-0.2, 0) is 0 Å². The molecule has 0 aromatic heterocycles. The first kappa shape index (κ1) is 11.9. The average Bonchev–Trinajstić information content (AvgIpc) is 2.17. The maximum Gasteiger partial charge on any atom is 0.185 e. The third-order valence-corrected chi connectivity index (χ3v) is 3.35. The van der Waals surface area contributed by atoms with Crippen molar-refractivity contribution in [2.75, 3.05) is 6.54 Å². The lowest BCUT2D eigenvalue weighted by molar-refractivity contribution is -0.953. The monoisotopic (exact) mass is 206 g/mol. The largest absolute Gasteiger partial charge is 0.271 e. The van der Waals surface area contributed by atoms with E-state index in [1.807, 2.05) is 26.3 Å². The lowest BCUT2D eigenvalue weighted by atomic mass is 9.90. The molecule has 0 radical (unpaired) electrons. The molecule has 0 fully saturated rings. The van der Waals surface area contributed by atoms with Crippen LogP contribution in [0.3, 0.4) is 0 Å². The molecule has 3 nitrogen and oxygen atoms in total. The van der Waals surface area contributed by atoms with Gasteiger partial charge in [0.15, 0.2) is 5.54 Å². The van der Waals surface area contributed by atoms with Crippen LogP contribution in [0.25, 0.3) is 0 Å². The Bertz CT molecular complexity index is 339. The Balaban J connectivity index is 3.28. The summed E-state index contributed by atoms with van der Waals surface area (Å²) in [5, 5.41) is 9.33. The highest BCUT2D eigenvalue weighted by atomic mass is 15.4. The van der Waals surface area contributed by atoms with Crippen LogP contribution in [0.4, 0.5) is 0 Å². The first-order valence-electron chi connectivity index (χ1n) is 5.25. The molecule has 1 aliphatic rings. The number of nitriles is 1. The van der Waals surface area contributed by atoms with Crippen LogP contribution < -0.4 is 0 Å². The molecule has 0 saturated heterocycles. The van der Waals surface area contributed by atoms with Gasteiger partial charge in [-0.1, -0.05) is 0 Å². The first-order chi connectivity index (χ1) is 6.77. The van der Waals surface area contributed by atoms with Crippen molar-refractivity contribution < 1.29 is 4.48 Å². The van der Waals surface area contributed by atoms with Crippen molar-refractivity contribution in [3.8, 4) is 6.07 Å². The highest BCUT2D eigenvalue weighted by molar-refractivity contribution is 5.60. The molecule has 0 spiro atoms. The smallest absolute Gasteiger partial charge is 0.185 e. The van der Waals surface area contributed by atoms with E-state index in [2.05, 4.69) is 31.8 Å². The summed E-state index contributed by atoms with van der Waals surface area (Å²) in [6.45, 7) is 11.2. The first-order valence-corrected chi connectivity index (χ1v) is 5.25. The number of hydrogen-bond donors (Lipinski definition) is 0. The van der Waals surface area contributed by atoms with Gasteiger partial charge < -0.3 is 0 Å². The standard InChI is InChI=1S/C12H20N3/c1-11(2,3)15(12(4,5)10-13)8-6-14-7-9-15/h6-8H,9H2,1-5H3/q+1. The van der Waals surface area contributed by atoms with E-state index in [-0.39, 0.29) is 5.54 Å². The summed E-state index contributed by atoms with van der Waals surface area (Å²) in [5.74, 6) is 0. The zero-order valence-electron chi connectivity index (χ0n) is 10.3. The van der Waals surface area contributed by atoms with Crippen LogP contribution in [0.2, 0.25) is 0 Å². The van der Waals surface area contributed by atoms with Gasteiger partial charge in [0, 0.05) is 13.8 Å². The lowest BCUT2D eigenvalue weighted by Gasteiger charge is -2.52. The molecule has 1 aliphatic heterocycles. The molecule has 0 aliphatic carbocycles. The summed E-state index contributed by atoms with van der Waals surface area (Å²) in [6.07, 6.45) is 5.74. The fraction of sp³-hybridized carbons (Fsp3) is 0.667. The van der Waals surface area contributed by atoms with Crippen molar-refractivity contribution in [3.63, 3.8) is 0 Å². The fourth-order valence-corrected chi connectivity index (χ4v) is 2.29. The Kier molecular flexibility index (Phi) is 2.75. The molecule has 1 unspecified atom stereocenters. The predicted octanol–water partition coefficient (Wildman–Crippen LogP) is 2.46. The van der Waals surface area contributed by atoms with Crippen LogP contribution in [0, 0.1) is 11.3 Å². The Labute approximate surface area is 92.3 Å². The summed E-state index contributed by atoms with van der Waals surface area (Å²) < 4.78 is 0.625. The fourth-order valence-electron chi connectivity index (χ4n) is 2.29. The van der Waals surface area contributed by atoms with Crippen LogP contribution in [0.1, 0.15) is 34.6 Å². The maximum absolute atomic E-state index is 9.33.